The number of halogens is 1. The fourth-order valence-electron chi connectivity index (χ4n) is 3.30. The van der Waals surface area contributed by atoms with Crippen molar-refractivity contribution in [1.82, 2.24) is 14.7 Å². The number of amides is 1. The molecule has 6 heteroatoms. The van der Waals surface area contributed by atoms with Gasteiger partial charge < -0.3 is 4.90 Å². The number of aryl methyl sites for hydroxylation is 1. The summed E-state index contributed by atoms with van der Waals surface area (Å²) in [5.74, 6) is -0.0972. The third-order valence-electron chi connectivity index (χ3n) is 5.08. The molecule has 1 aliphatic rings. The van der Waals surface area contributed by atoms with Gasteiger partial charge in [0.2, 0.25) is 0 Å². The van der Waals surface area contributed by atoms with E-state index < -0.39 is 0 Å². The summed E-state index contributed by atoms with van der Waals surface area (Å²) in [6.07, 6.45) is 1.82. The van der Waals surface area contributed by atoms with Gasteiger partial charge in [0.15, 0.2) is 0 Å². The van der Waals surface area contributed by atoms with Crippen molar-refractivity contribution in [3.8, 4) is 0 Å². The molecule has 1 fully saturated rings. The third-order valence-corrected chi connectivity index (χ3v) is 5.61. The Morgan fingerprint density at radius 3 is 2.40 bits per heavy atom. The zero-order valence-corrected chi connectivity index (χ0v) is 16.1. The van der Waals surface area contributed by atoms with Crippen LogP contribution in [-0.4, -0.2) is 33.7 Å². The smallest absolute Gasteiger partial charge is 0.274 e. The molecule has 0 spiro atoms. The number of piperidine rings is 1. The van der Waals surface area contributed by atoms with Gasteiger partial charge in [-0.05, 0) is 48.9 Å². The van der Waals surface area contributed by atoms with E-state index in [1.807, 2.05) is 11.8 Å². The van der Waals surface area contributed by atoms with E-state index in [1.54, 1.807) is 0 Å². The normalized spacial score (nSPS) is 16.7. The number of nitrogens with zero attached hydrogens (tertiary/aromatic N) is 3. The molecular formula is C19H22BrN3O2. The van der Waals surface area contributed by atoms with Gasteiger partial charge in [-0.1, -0.05) is 35.0 Å². The summed E-state index contributed by atoms with van der Waals surface area (Å²) in [6.45, 7) is 5.94. The molecule has 0 N–H and O–H groups in total. The Morgan fingerprint density at radius 1 is 1.16 bits per heavy atom. The minimum atomic E-state index is -0.180. The van der Waals surface area contributed by atoms with Gasteiger partial charge in [-0.3, -0.25) is 9.59 Å². The Morgan fingerprint density at radius 2 is 1.80 bits per heavy atom. The van der Waals surface area contributed by atoms with Crippen LogP contribution in [0.1, 0.15) is 42.7 Å². The maximum Gasteiger partial charge on any atom is 0.274 e. The van der Waals surface area contributed by atoms with E-state index in [0.29, 0.717) is 25.3 Å². The van der Waals surface area contributed by atoms with E-state index in [9.17, 15) is 9.59 Å². The molecule has 0 atom stereocenters. The molecule has 0 unspecified atom stereocenters. The number of carbonyl (C=O) groups excluding carboxylic acids is 1. The maximum atomic E-state index is 12.7. The molecule has 2 heterocycles. The number of rotatable bonds is 3. The van der Waals surface area contributed by atoms with Gasteiger partial charge in [0.05, 0.1) is 0 Å². The third kappa shape index (κ3) is 3.68. The summed E-state index contributed by atoms with van der Waals surface area (Å²) in [5.41, 5.74) is 1.54. The van der Waals surface area contributed by atoms with Crippen LogP contribution in [-0.2, 0) is 12.0 Å². The average Bonchev–Trinajstić information content (AvgIpc) is 2.62. The van der Waals surface area contributed by atoms with Crippen molar-refractivity contribution in [3.63, 3.8) is 0 Å². The zero-order valence-electron chi connectivity index (χ0n) is 14.5. The van der Waals surface area contributed by atoms with Crippen LogP contribution in [0, 0.1) is 0 Å². The standard InChI is InChI=1S/C19H22BrN3O2/c1-3-23-17(24)9-8-16(21-23)18(25)22-12-10-19(2,11-13-22)14-4-6-15(20)7-5-14/h4-9H,3,10-13H2,1-2H3. The lowest BCUT2D eigenvalue weighted by Crippen LogP contribution is -2.44. The Balaban J connectivity index is 1.72. The number of carbonyl (C=O) groups is 1. The Kier molecular flexibility index (Phi) is 5.08. The largest absolute Gasteiger partial charge is 0.337 e. The number of benzene rings is 1. The number of likely N-dealkylation sites (tertiary alicyclic amines) is 1. The summed E-state index contributed by atoms with van der Waals surface area (Å²) in [4.78, 5) is 26.2. The van der Waals surface area contributed by atoms with E-state index in [-0.39, 0.29) is 16.9 Å². The van der Waals surface area contributed by atoms with Crippen molar-refractivity contribution in [3.05, 3.63) is 62.5 Å². The molecular weight excluding hydrogens is 382 g/mol. The van der Waals surface area contributed by atoms with Crippen molar-refractivity contribution < 1.29 is 4.79 Å². The van der Waals surface area contributed by atoms with Crippen LogP contribution in [0.5, 0.6) is 0 Å². The molecule has 1 amide bonds. The van der Waals surface area contributed by atoms with Crippen molar-refractivity contribution in [2.75, 3.05) is 13.1 Å². The Hall–Kier alpha value is -1.95. The van der Waals surface area contributed by atoms with E-state index in [2.05, 4.69) is 52.2 Å². The average molecular weight is 404 g/mol. The monoisotopic (exact) mass is 403 g/mol. The molecule has 0 radical (unpaired) electrons. The van der Waals surface area contributed by atoms with Crippen molar-refractivity contribution in [1.29, 1.82) is 0 Å². The van der Waals surface area contributed by atoms with Gasteiger partial charge in [-0.15, -0.1) is 0 Å². The molecule has 1 aromatic heterocycles. The van der Waals surface area contributed by atoms with Gasteiger partial charge in [0.1, 0.15) is 5.69 Å². The highest BCUT2D eigenvalue weighted by atomic mass is 79.9. The highest BCUT2D eigenvalue weighted by Gasteiger charge is 2.33. The van der Waals surface area contributed by atoms with Crippen LogP contribution in [0.4, 0.5) is 0 Å². The fourth-order valence-corrected chi connectivity index (χ4v) is 3.56. The SMILES string of the molecule is CCn1nc(C(=O)N2CCC(C)(c3ccc(Br)cc3)CC2)ccc1=O. The highest BCUT2D eigenvalue weighted by Crippen LogP contribution is 2.35. The first-order valence-corrected chi connectivity index (χ1v) is 9.36. The van der Waals surface area contributed by atoms with Crippen LogP contribution in [0.3, 0.4) is 0 Å². The quantitative estimate of drug-likeness (QED) is 0.790. The fraction of sp³-hybridized carbons (Fsp3) is 0.421. The molecule has 2 aromatic rings. The number of aromatic nitrogens is 2. The lowest BCUT2D eigenvalue weighted by Gasteiger charge is -2.39. The van der Waals surface area contributed by atoms with Crippen LogP contribution in [0.25, 0.3) is 0 Å². The number of hydrogen-bond acceptors (Lipinski definition) is 3. The van der Waals surface area contributed by atoms with Crippen molar-refractivity contribution in [2.45, 2.75) is 38.6 Å². The van der Waals surface area contributed by atoms with Crippen molar-refractivity contribution >= 4 is 21.8 Å². The van der Waals surface area contributed by atoms with Gasteiger partial charge in [-0.25, -0.2) is 4.68 Å². The molecule has 132 valence electrons. The second-order valence-corrected chi connectivity index (χ2v) is 7.65. The molecule has 1 saturated heterocycles. The summed E-state index contributed by atoms with van der Waals surface area (Å²) < 4.78 is 2.40. The molecule has 5 nitrogen and oxygen atoms in total. The van der Waals surface area contributed by atoms with Gasteiger partial charge in [0.25, 0.3) is 11.5 Å². The Labute approximate surface area is 155 Å². The minimum absolute atomic E-state index is 0.0765. The minimum Gasteiger partial charge on any atom is -0.337 e. The molecule has 0 saturated carbocycles. The summed E-state index contributed by atoms with van der Waals surface area (Å²) in [7, 11) is 0. The molecule has 25 heavy (non-hydrogen) atoms. The van der Waals surface area contributed by atoms with Gasteiger partial charge in [0, 0.05) is 30.2 Å². The van der Waals surface area contributed by atoms with Crippen LogP contribution >= 0.6 is 15.9 Å². The lowest BCUT2D eigenvalue weighted by molar-refractivity contribution is 0.0667. The summed E-state index contributed by atoms with van der Waals surface area (Å²) >= 11 is 3.47. The van der Waals surface area contributed by atoms with Gasteiger partial charge >= 0.3 is 0 Å². The predicted octanol–water partition coefficient (Wildman–Crippen LogP) is 3.22. The second kappa shape index (κ2) is 7.12. The lowest BCUT2D eigenvalue weighted by atomic mass is 9.74. The zero-order chi connectivity index (χ0) is 18.0. The summed E-state index contributed by atoms with van der Waals surface area (Å²) in [6, 6.07) is 11.4. The van der Waals surface area contributed by atoms with Crippen LogP contribution < -0.4 is 5.56 Å². The first kappa shape index (κ1) is 17.9. The predicted molar refractivity (Wildman–Crippen MR) is 101 cm³/mol. The van der Waals surface area contributed by atoms with E-state index >= 15 is 0 Å². The van der Waals surface area contributed by atoms with Crippen LogP contribution in [0.15, 0.2) is 45.7 Å². The van der Waals surface area contributed by atoms with Crippen molar-refractivity contribution in [2.24, 2.45) is 0 Å². The second-order valence-electron chi connectivity index (χ2n) is 6.73. The van der Waals surface area contributed by atoms with E-state index in [0.717, 1.165) is 17.3 Å². The first-order valence-electron chi connectivity index (χ1n) is 8.56. The molecule has 1 aromatic carbocycles. The van der Waals surface area contributed by atoms with Gasteiger partial charge in [-0.2, -0.15) is 5.10 Å². The molecule has 1 aliphatic heterocycles. The maximum absolute atomic E-state index is 12.7. The topological polar surface area (TPSA) is 55.2 Å². The molecule has 3 rings (SSSR count). The van der Waals surface area contributed by atoms with E-state index in [1.165, 1.54) is 22.4 Å². The molecule has 0 bridgehead atoms. The van der Waals surface area contributed by atoms with Crippen LogP contribution in [0.2, 0.25) is 0 Å². The molecule has 0 aliphatic carbocycles. The summed E-state index contributed by atoms with van der Waals surface area (Å²) in [5, 5.41) is 4.18. The Bertz CT molecular complexity index is 821. The highest BCUT2D eigenvalue weighted by molar-refractivity contribution is 9.10. The first-order chi connectivity index (χ1) is 11.9. The number of hydrogen-bond donors (Lipinski definition) is 0. The van der Waals surface area contributed by atoms with E-state index in [4.69, 9.17) is 0 Å².